The first-order valence-electron chi connectivity index (χ1n) is 8.23. The van der Waals surface area contributed by atoms with E-state index in [0.29, 0.717) is 31.1 Å². The highest BCUT2D eigenvalue weighted by Gasteiger charge is 2.27. The Morgan fingerprint density at radius 1 is 1.20 bits per heavy atom. The van der Waals surface area contributed by atoms with E-state index in [1.165, 1.54) is 0 Å². The van der Waals surface area contributed by atoms with E-state index in [4.69, 9.17) is 9.15 Å². The van der Waals surface area contributed by atoms with Crippen molar-refractivity contribution < 1.29 is 18.7 Å². The van der Waals surface area contributed by atoms with Crippen molar-refractivity contribution in [2.45, 2.75) is 19.0 Å². The molecular weight excluding hydrogens is 322 g/mol. The molecule has 2 N–H and O–H groups in total. The summed E-state index contributed by atoms with van der Waals surface area (Å²) < 4.78 is 10.6. The van der Waals surface area contributed by atoms with E-state index in [1.54, 1.807) is 23.3 Å². The first-order chi connectivity index (χ1) is 12.2. The molecule has 0 radical (unpaired) electrons. The van der Waals surface area contributed by atoms with Gasteiger partial charge in [-0.25, -0.2) is 4.79 Å². The number of furan rings is 1. The zero-order chi connectivity index (χ0) is 17.5. The Kier molecular flexibility index (Phi) is 5.56. The van der Waals surface area contributed by atoms with Gasteiger partial charge in [0.05, 0.1) is 12.8 Å². The summed E-state index contributed by atoms with van der Waals surface area (Å²) in [6.07, 6.45) is 2.29. The van der Waals surface area contributed by atoms with Crippen LogP contribution in [0.25, 0.3) is 0 Å². The lowest BCUT2D eigenvalue weighted by Gasteiger charge is -2.17. The lowest BCUT2D eigenvalue weighted by molar-refractivity contribution is -0.132. The first-order valence-corrected chi connectivity index (χ1v) is 8.23. The van der Waals surface area contributed by atoms with Gasteiger partial charge in [-0.05, 0) is 30.7 Å². The number of likely N-dealkylation sites (tertiary alicyclic amines) is 1. The van der Waals surface area contributed by atoms with Gasteiger partial charge in [-0.15, -0.1) is 0 Å². The molecule has 2 heterocycles. The van der Waals surface area contributed by atoms with E-state index >= 15 is 0 Å². The monoisotopic (exact) mass is 343 g/mol. The van der Waals surface area contributed by atoms with Gasteiger partial charge in [0.2, 0.25) is 0 Å². The van der Waals surface area contributed by atoms with E-state index < -0.39 is 0 Å². The summed E-state index contributed by atoms with van der Waals surface area (Å²) in [6.45, 7) is 1.44. The summed E-state index contributed by atoms with van der Waals surface area (Å²) in [4.78, 5) is 25.8. The Bertz CT molecular complexity index is 688. The molecule has 1 aromatic carbocycles. The zero-order valence-electron chi connectivity index (χ0n) is 13.8. The van der Waals surface area contributed by atoms with Crippen molar-refractivity contribution in [3.8, 4) is 5.75 Å². The third-order valence-corrected chi connectivity index (χ3v) is 3.98. The Labute approximate surface area is 145 Å². The van der Waals surface area contributed by atoms with Gasteiger partial charge in [-0.1, -0.05) is 18.2 Å². The van der Waals surface area contributed by atoms with Crippen LogP contribution in [0.3, 0.4) is 0 Å². The topological polar surface area (TPSA) is 83.8 Å². The number of para-hydroxylation sites is 1. The fraction of sp³-hybridized carbons (Fsp3) is 0.333. The number of rotatable bonds is 6. The predicted molar refractivity (Wildman–Crippen MR) is 91.0 cm³/mol. The quantitative estimate of drug-likeness (QED) is 0.837. The van der Waals surface area contributed by atoms with Crippen LogP contribution in [0, 0.1) is 0 Å². The van der Waals surface area contributed by atoms with Crippen molar-refractivity contribution >= 4 is 11.9 Å². The van der Waals surface area contributed by atoms with Crippen molar-refractivity contribution in [1.29, 1.82) is 0 Å². The molecule has 1 fully saturated rings. The van der Waals surface area contributed by atoms with Crippen molar-refractivity contribution in [2.24, 2.45) is 0 Å². The van der Waals surface area contributed by atoms with E-state index in [1.807, 2.05) is 30.3 Å². The number of carbonyl (C=O) groups excluding carboxylic acids is 2. The maximum Gasteiger partial charge on any atom is 0.315 e. The molecule has 1 aromatic heterocycles. The van der Waals surface area contributed by atoms with Gasteiger partial charge < -0.3 is 24.7 Å². The van der Waals surface area contributed by atoms with E-state index in [-0.39, 0.29) is 24.6 Å². The molecule has 3 rings (SSSR count). The molecule has 0 unspecified atom stereocenters. The average Bonchev–Trinajstić information content (AvgIpc) is 3.31. The van der Waals surface area contributed by atoms with Crippen LogP contribution >= 0.6 is 0 Å². The number of ether oxygens (including phenoxy) is 1. The molecule has 2 aromatic rings. The number of benzene rings is 1. The Morgan fingerprint density at radius 3 is 2.80 bits per heavy atom. The van der Waals surface area contributed by atoms with Crippen molar-refractivity contribution in [3.63, 3.8) is 0 Å². The molecular formula is C18H21N3O4. The Hall–Kier alpha value is -2.96. The second kappa shape index (κ2) is 8.23. The Morgan fingerprint density at radius 2 is 2.04 bits per heavy atom. The average molecular weight is 343 g/mol. The largest absolute Gasteiger partial charge is 0.484 e. The van der Waals surface area contributed by atoms with E-state index in [9.17, 15) is 9.59 Å². The lowest BCUT2D eigenvalue weighted by atomic mass is 10.3. The van der Waals surface area contributed by atoms with Crippen LogP contribution in [0.4, 0.5) is 4.79 Å². The van der Waals surface area contributed by atoms with Crippen LogP contribution in [-0.4, -0.2) is 42.6 Å². The number of amides is 3. The molecule has 25 heavy (non-hydrogen) atoms. The zero-order valence-corrected chi connectivity index (χ0v) is 13.8. The minimum atomic E-state index is -0.267. The third kappa shape index (κ3) is 5.00. The van der Waals surface area contributed by atoms with Gasteiger partial charge in [-0.3, -0.25) is 4.79 Å². The fourth-order valence-corrected chi connectivity index (χ4v) is 2.67. The molecule has 1 saturated heterocycles. The summed E-state index contributed by atoms with van der Waals surface area (Å²) in [7, 11) is 0. The van der Waals surface area contributed by atoms with Gasteiger partial charge in [0.1, 0.15) is 11.5 Å². The Balaban J connectivity index is 1.37. The summed E-state index contributed by atoms with van der Waals surface area (Å²) >= 11 is 0. The van der Waals surface area contributed by atoms with Crippen molar-refractivity contribution in [2.75, 3.05) is 19.7 Å². The normalized spacial score (nSPS) is 16.5. The fourth-order valence-electron chi connectivity index (χ4n) is 2.67. The molecule has 132 valence electrons. The van der Waals surface area contributed by atoms with Crippen molar-refractivity contribution in [3.05, 3.63) is 54.5 Å². The summed E-state index contributed by atoms with van der Waals surface area (Å²) in [5.74, 6) is 1.28. The number of nitrogens with zero attached hydrogens (tertiary/aromatic N) is 1. The first kappa shape index (κ1) is 16.9. The number of carbonyl (C=O) groups is 2. The van der Waals surface area contributed by atoms with Crippen LogP contribution in [0.5, 0.6) is 5.75 Å². The van der Waals surface area contributed by atoms with Crippen LogP contribution in [0.2, 0.25) is 0 Å². The van der Waals surface area contributed by atoms with Crippen LogP contribution in [0.1, 0.15) is 12.2 Å². The van der Waals surface area contributed by atoms with Gasteiger partial charge in [0, 0.05) is 19.1 Å². The summed E-state index contributed by atoms with van der Waals surface area (Å²) in [5.41, 5.74) is 0. The summed E-state index contributed by atoms with van der Waals surface area (Å²) in [5, 5.41) is 5.60. The molecule has 0 bridgehead atoms. The highest BCUT2D eigenvalue weighted by atomic mass is 16.5. The molecule has 1 aliphatic heterocycles. The molecule has 0 aliphatic carbocycles. The maximum absolute atomic E-state index is 12.2. The second-order valence-corrected chi connectivity index (χ2v) is 5.83. The number of hydrogen-bond donors (Lipinski definition) is 2. The molecule has 1 atom stereocenters. The molecule has 7 nitrogen and oxygen atoms in total. The minimum Gasteiger partial charge on any atom is -0.484 e. The van der Waals surface area contributed by atoms with E-state index in [2.05, 4.69) is 10.6 Å². The van der Waals surface area contributed by atoms with Gasteiger partial charge in [0.15, 0.2) is 6.61 Å². The van der Waals surface area contributed by atoms with Crippen LogP contribution in [-0.2, 0) is 11.3 Å². The van der Waals surface area contributed by atoms with Crippen LogP contribution in [0.15, 0.2) is 53.1 Å². The lowest BCUT2D eigenvalue weighted by Crippen LogP contribution is -2.44. The number of urea groups is 1. The highest BCUT2D eigenvalue weighted by molar-refractivity contribution is 5.78. The highest BCUT2D eigenvalue weighted by Crippen LogP contribution is 2.12. The molecule has 0 saturated carbocycles. The second-order valence-electron chi connectivity index (χ2n) is 5.83. The molecule has 7 heteroatoms. The maximum atomic E-state index is 12.2. The standard InChI is InChI=1S/C18H21N3O4/c22-17(13-25-15-5-2-1-3-6-15)21-9-8-14(12-21)20-18(23)19-11-16-7-4-10-24-16/h1-7,10,14H,8-9,11-13H2,(H2,19,20,23)/t14-/m1/s1. The molecule has 0 spiro atoms. The number of nitrogens with one attached hydrogen (secondary N) is 2. The van der Waals surface area contributed by atoms with Gasteiger partial charge in [-0.2, -0.15) is 0 Å². The van der Waals surface area contributed by atoms with Crippen molar-refractivity contribution in [1.82, 2.24) is 15.5 Å². The minimum absolute atomic E-state index is 0.00141. The third-order valence-electron chi connectivity index (χ3n) is 3.98. The molecule has 3 amide bonds. The van der Waals surface area contributed by atoms with Gasteiger partial charge in [0.25, 0.3) is 5.91 Å². The van der Waals surface area contributed by atoms with Gasteiger partial charge >= 0.3 is 6.03 Å². The number of hydrogen-bond acceptors (Lipinski definition) is 4. The molecule has 1 aliphatic rings. The van der Waals surface area contributed by atoms with Crippen LogP contribution < -0.4 is 15.4 Å². The predicted octanol–water partition coefficient (Wildman–Crippen LogP) is 1.76. The summed E-state index contributed by atoms with van der Waals surface area (Å²) in [6, 6.07) is 12.5. The van der Waals surface area contributed by atoms with E-state index in [0.717, 1.165) is 6.42 Å². The SMILES string of the molecule is O=C(NCc1ccco1)N[C@@H]1CCN(C(=O)COc2ccccc2)C1. The smallest absolute Gasteiger partial charge is 0.315 e.